The fourth-order valence-corrected chi connectivity index (χ4v) is 5.23. The molecule has 0 radical (unpaired) electrons. The monoisotopic (exact) mass is 449 g/mol. The molecule has 6 heteroatoms. The van der Waals surface area contributed by atoms with Crippen molar-refractivity contribution in [2.75, 3.05) is 7.11 Å². The smallest absolute Gasteiger partial charge is 0.320 e. The highest BCUT2D eigenvalue weighted by Gasteiger charge is 2.37. The van der Waals surface area contributed by atoms with Gasteiger partial charge in [-0.05, 0) is 23.3 Å². The van der Waals surface area contributed by atoms with Gasteiger partial charge in [-0.1, -0.05) is 72.9 Å². The van der Waals surface area contributed by atoms with Crippen LogP contribution in [0.1, 0.15) is 5.82 Å². The predicted octanol–water partition coefficient (Wildman–Crippen LogP) is 4.94. The highest BCUT2D eigenvalue weighted by molar-refractivity contribution is 5.76. The molecule has 4 atom stereocenters. The molecule has 0 bridgehead atoms. The lowest BCUT2D eigenvalue weighted by Crippen LogP contribution is -2.28. The molecule has 1 aromatic carbocycles. The molecule has 0 fully saturated rings. The summed E-state index contributed by atoms with van der Waals surface area (Å²) in [5, 5.41) is 20.8. The fourth-order valence-electron chi connectivity index (χ4n) is 5.23. The minimum Gasteiger partial charge on any atom is -0.507 e. The first-order valence-electron chi connectivity index (χ1n) is 11.3. The Kier molecular flexibility index (Phi) is 4.80. The molecule has 2 aromatic rings. The first-order chi connectivity index (χ1) is 16.6. The molecule has 1 heterocycles. The minimum absolute atomic E-state index is 0.0472. The summed E-state index contributed by atoms with van der Waals surface area (Å²) in [6.07, 6.45) is 24.0. The molecule has 6 rings (SSSR count). The zero-order chi connectivity index (χ0) is 23.2. The lowest BCUT2D eigenvalue weighted by molar-refractivity contribution is 0.377. The Bertz CT molecular complexity index is 1370. The second-order valence-electron chi connectivity index (χ2n) is 8.70. The van der Waals surface area contributed by atoms with Crippen molar-refractivity contribution in [3.05, 3.63) is 102 Å². The van der Waals surface area contributed by atoms with E-state index in [9.17, 15) is 10.2 Å². The number of phenolic OH excluding ortho intramolecular Hbond substituents is 2. The molecule has 0 amide bonds. The van der Waals surface area contributed by atoms with E-state index < -0.39 is 0 Å². The maximum Gasteiger partial charge on any atom is 0.320 e. The molecule has 2 N–H and O–H groups in total. The number of ether oxygens (including phenoxy) is 1. The summed E-state index contributed by atoms with van der Waals surface area (Å²) in [5.41, 5.74) is 3.68. The van der Waals surface area contributed by atoms with Gasteiger partial charge in [-0.25, -0.2) is 4.98 Å². The van der Waals surface area contributed by atoms with E-state index in [0.29, 0.717) is 11.7 Å². The summed E-state index contributed by atoms with van der Waals surface area (Å²) in [4.78, 5) is 13.6. The SMILES string of the molecule is COc1nc(C2=CC3=C(C=CC4C=CC=CC34)C3C=CC=CC23)nc(-c2c(O)cccc2O)n1. The maximum atomic E-state index is 10.4. The van der Waals surface area contributed by atoms with Crippen LogP contribution in [0.5, 0.6) is 17.5 Å². The van der Waals surface area contributed by atoms with Gasteiger partial charge >= 0.3 is 6.01 Å². The van der Waals surface area contributed by atoms with Gasteiger partial charge in [-0.2, -0.15) is 9.97 Å². The first kappa shape index (κ1) is 20.4. The summed E-state index contributed by atoms with van der Waals surface area (Å²) in [7, 11) is 1.49. The average molecular weight is 450 g/mol. The van der Waals surface area contributed by atoms with E-state index in [1.165, 1.54) is 30.4 Å². The maximum absolute atomic E-state index is 10.4. The number of phenols is 2. The van der Waals surface area contributed by atoms with E-state index in [0.717, 1.165) is 5.57 Å². The van der Waals surface area contributed by atoms with Crippen LogP contribution in [0.25, 0.3) is 17.0 Å². The molecule has 4 aliphatic rings. The Hall–Kier alpha value is -4.19. The van der Waals surface area contributed by atoms with Crippen molar-refractivity contribution in [3.63, 3.8) is 0 Å². The number of rotatable bonds is 3. The van der Waals surface area contributed by atoms with Crippen molar-refractivity contribution in [2.45, 2.75) is 0 Å². The van der Waals surface area contributed by atoms with E-state index in [-0.39, 0.29) is 46.7 Å². The molecule has 4 unspecified atom stereocenters. The molecule has 0 saturated heterocycles. The molecule has 0 spiro atoms. The van der Waals surface area contributed by atoms with Crippen LogP contribution in [0.2, 0.25) is 0 Å². The fraction of sp³-hybridized carbons (Fsp3) is 0.179. The number of methoxy groups -OCH3 is 1. The number of aromatic nitrogens is 3. The van der Waals surface area contributed by atoms with Gasteiger partial charge in [0.25, 0.3) is 0 Å². The molecule has 1 aromatic heterocycles. The summed E-state index contributed by atoms with van der Waals surface area (Å²) < 4.78 is 5.39. The second-order valence-corrected chi connectivity index (χ2v) is 8.70. The van der Waals surface area contributed by atoms with Crippen molar-refractivity contribution in [1.82, 2.24) is 15.0 Å². The summed E-state index contributed by atoms with van der Waals surface area (Å²) in [6, 6.07) is 4.67. The third-order valence-corrected chi connectivity index (χ3v) is 6.83. The van der Waals surface area contributed by atoms with Crippen LogP contribution < -0.4 is 4.74 Å². The van der Waals surface area contributed by atoms with Crippen LogP contribution >= 0.6 is 0 Å². The van der Waals surface area contributed by atoms with Crippen molar-refractivity contribution < 1.29 is 14.9 Å². The van der Waals surface area contributed by atoms with Gasteiger partial charge in [0.1, 0.15) is 17.1 Å². The van der Waals surface area contributed by atoms with Gasteiger partial charge in [0, 0.05) is 29.2 Å². The molecule has 0 aliphatic heterocycles. The van der Waals surface area contributed by atoms with Crippen LogP contribution in [0.15, 0.2) is 96.2 Å². The van der Waals surface area contributed by atoms with E-state index in [4.69, 9.17) is 9.72 Å². The minimum atomic E-state index is -0.111. The highest BCUT2D eigenvalue weighted by atomic mass is 16.5. The lowest BCUT2D eigenvalue weighted by atomic mass is 9.66. The number of benzene rings is 1. The standard InChI is InChI=1S/C28H23N3O3/c1-34-28-30-26(29-27(31-28)25-23(32)11-6-12-24(25)33)22-15-21-17-8-3-2-7-16(17)13-14-20(21)18-9-4-5-10-19(18)22/h2-19,32-33H,1H3. The highest BCUT2D eigenvalue weighted by Crippen LogP contribution is 2.48. The Morgan fingerprint density at radius 1 is 0.735 bits per heavy atom. The Morgan fingerprint density at radius 2 is 1.41 bits per heavy atom. The van der Waals surface area contributed by atoms with Crippen molar-refractivity contribution in [2.24, 2.45) is 23.7 Å². The van der Waals surface area contributed by atoms with Gasteiger partial charge in [-0.15, -0.1) is 0 Å². The van der Waals surface area contributed by atoms with E-state index in [2.05, 4.69) is 70.7 Å². The Labute approximate surface area is 197 Å². The van der Waals surface area contributed by atoms with Gasteiger partial charge in [-0.3, -0.25) is 0 Å². The average Bonchev–Trinajstić information content (AvgIpc) is 2.87. The third kappa shape index (κ3) is 3.22. The third-order valence-electron chi connectivity index (χ3n) is 6.83. The second kappa shape index (κ2) is 7.99. The Morgan fingerprint density at radius 3 is 2.18 bits per heavy atom. The predicted molar refractivity (Wildman–Crippen MR) is 130 cm³/mol. The first-order valence-corrected chi connectivity index (χ1v) is 11.3. The topological polar surface area (TPSA) is 88.4 Å². The van der Waals surface area contributed by atoms with Crippen molar-refractivity contribution >= 4 is 5.57 Å². The van der Waals surface area contributed by atoms with Gasteiger partial charge in [0.2, 0.25) is 0 Å². The van der Waals surface area contributed by atoms with Crippen molar-refractivity contribution in [1.29, 1.82) is 0 Å². The number of fused-ring (bicyclic) bond motifs is 4. The molecule has 6 nitrogen and oxygen atoms in total. The normalized spacial score (nSPS) is 26.1. The Balaban J connectivity index is 1.54. The largest absolute Gasteiger partial charge is 0.507 e. The number of hydrogen-bond acceptors (Lipinski definition) is 6. The zero-order valence-corrected chi connectivity index (χ0v) is 18.5. The van der Waals surface area contributed by atoms with Crippen molar-refractivity contribution in [3.8, 4) is 28.9 Å². The summed E-state index contributed by atoms with van der Waals surface area (Å²) in [5.74, 6) is 1.19. The molecule has 168 valence electrons. The van der Waals surface area contributed by atoms with E-state index in [1.807, 2.05) is 6.08 Å². The zero-order valence-electron chi connectivity index (χ0n) is 18.5. The molecule has 34 heavy (non-hydrogen) atoms. The van der Waals surface area contributed by atoms with Gasteiger partial charge < -0.3 is 14.9 Å². The molecule has 0 saturated carbocycles. The number of allylic oxidation sites excluding steroid dienone is 14. The number of nitrogens with zero attached hydrogens (tertiary/aromatic N) is 3. The number of aromatic hydroxyl groups is 2. The van der Waals surface area contributed by atoms with E-state index in [1.54, 1.807) is 6.07 Å². The van der Waals surface area contributed by atoms with Gasteiger partial charge in [0.15, 0.2) is 11.6 Å². The molecular weight excluding hydrogens is 426 g/mol. The van der Waals surface area contributed by atoms with Crippen LogP contribution in [0, 0.1) is 23.7 Å². The van der Waals surface area contributed by atoms with Crippen LogP contribution in [-0.2, 0) is 0 Å². The van der Waals surface area contributed by atoms with E-state index >= 15 is 0 Å². The quantitative estimate of drug-likeness (QED) is 0.690. The molecular formula is C28H23N3O3. The van der Waals surface area contributed by atoms with Crippen LogP contribution in [-0.4, -0.2) is 32.3 Å². The van der Waals surface area contributed by atoms with Crippen LogP contribution in [0.4, 0.5) is 0 Å². The molecule has 4 aliphatic carbocycles. The summed E-state index contributed by atoms with van der Waals surface area (Å²) >= 11 is 0. The number of hydrogen-bond donors (Lipinski definition) is 2. The van der Waals surface area contributed by atoms with Gasteiger partial charge in [0.05, 0.1) is 7.11 Å². The summed E-state index contributed by atoms with van der Waals surface area (Å²) in [6.45, 7) is 0. The van der Waals surface area contributed by atoms with Crippen LogP contribution in [0.3, 0.4) is 0 Å². The lowest BCUT2D eigenvalue weighted by Gasteiger charge is -2.38.